The normalized spacial score (nSPS) is 10.1. The summed E-state index contributed by atoms with van der Waals surface area (Å²) < 4.78 is 10.5. The number of nitrogens with zero attached hydrogens (tertiary/aromatic N) is 1. The van der Waals surface area contributed by atoms with Gasteiger partial charge in [0.2, 0.25) is 5.89 Å². The van der Waals surface area contributed by atoms with Crippen molar-refractivity contribution in [3.05, 3.63) is 48.2 Å². The molecule has 0 saturated heterocycles. The molecule has 5 nitrogen and oxygen atoms in total. The van der Waals surface area contributed by atoms with E-state index < -0.39 is 5.97 Å². The van der Waals surface area contributed by atoms with Crippen LogP contribution in [-0.4, -0.2) is 16.1 Å². The second-order valence-electron chi connectivity index (χ2n) is 3.40. The van der Waals surface area contributed by atoms with Gasteiger partial charge in [-0.25, -0.2) is 4.98 Å². The van der Waals surface area contributed by atoms with Crippen LogP contribution in [-0.2, 0) is 17.8 Å². The zero-order chi connectivity index (χ0) is 12.1. The van der Waals surface area contributed by atoms with Crippen LogP contribution in [0.25, 0.3) is 0 Å². The van der Waals surface area contributed by atoms with Gasteiger partial charge in [0.05, 0.1) is 12.1 Å². The summed E-state index contributed by atoms with van der Waals surface area (Å²) in [5.74, 6) is 0.143. The highest BCUT2D eigenvalue weighted by atomic mass is 16.5. The lowest BCUT2D eigenvalue weighted by Gasteiger charge is -2.01. The summed E-state index contributed by atoms with van der Waals surface area (Å²) in [6.07, 6.45) is 1.19. The van der Waals surface area contributed by atoms with Crippen LogP contribution < -0.4 is 4.74 Å². The summed E-state index contributed by atoms with van der Waals surface area (Å²) in [5, 5.41) is 8.57. The summed E-state index contributed by atoms with van der Waals surface area (Å²) in [6.45, 7) is 0.184. The predicted octanol–water partition coefficient (Wildman–Crippen LogP) is 1.88. The second kappa shape index (κ2) is 5.16. The minimum Gasteiger partial charge on any atom is -0.484 e. The molecule has 2 aromatic rings. The third kappa shape index (κ3) is 3.34. The standard InChI is InChI=1S/C12H11NO4/c14-12(15)6-9-7-17-11(13-9)8-16-10-4-2-1-3-5-10/h1-5,7H,6,8H2,(H,14,15). The van der Waals surface area contributed by atoms with E-state index in [4.69, 9.17) is 14.3 Å². The van der Waals surface area contributed by atoms with E-state index in [1.807, 2.05) is 30.3 Å². The van der Waals surface area contributed by atoms with Crippen molar-refractivity contribution in [1.29, 1.82) is 0 Å². The van der Waals surface area contributed by atoms with Crippen LogP contribution in [0, 0.1) is 0 Å². The van der Waals surface area contributed by atoms with Crippen molar-refractivity contribution >= 4 is 5.97 Å². The zero-order valence-corrected chi connectivity index (χ0v) is 9.00. The summed E-state index contributed by atoms with van der Waals surface area (Å²) in [4.78, 5) is 14.4. The van der Waals surface area contributed by atoms with Crippen molar-refractivity contribution in [2.45, 2.75) is 13.0 Å². The monoisotopic (exact) mass is 233 g/mol. The molecule has 1 N–H and O–H groups in total. The van der Waals surface area contributed by atoms with Crippen LogP contribution in [0.1, 0.15) is 11.6 Å². The number of aliphatic carboxylic acids is 1. The van der Waals surface area contributed by atoms with Gasteiger partial charge in [-0.1, -0.05) is 18.2 Å². The van der Waals surface area contributed by atoms with E-state index in [1.54, 1.807) is 0 Å². The molecule has 0 saturated carbocycles. The largest absolute Gasteiger partial charge is 0.484 e. The highest BCUT2D eigenvalue weighted by molar-refractivity contribution is 5.69. The molecule has 0 radical (unpaired) electrons. The molecule has 0 aliphatic carbocycles. The fourth-order valence-corrected chi connectivity index (χ4v) is 1.31. The molecule has 0 bridgehead atoms. The minimum absolute atomic E-state index is 0.144. The van der Waals surface area contributed by atoms with Crippen LogP contribution >= 0.6 is 0 Å². The van der Waals surface area contributed by atoms with E-state index in [1.165, 1.54) is 6.26 Å². The van der Waals surface area contributed by atoms with Crippen molar-refractivity contribution in [2.24, 2.45) is 0 Å². The van der Waals surface area contributed by atoms with Crippen molar-refractivity contribution in [3.8, 4) is 5.75 Å². The van der Waals surface area contributed by atoms with E-state index in [0.717, 1.165) is 0 Å². The molecule has 88 valence electrons. The Balaban J connectivity index is 1.91. The molecule has 0 unspecified atom stereocenters. The number of carbonyl (C=O) groups is 1. The lowest BCUT2D eigenvalue weighted by molar-refractivity contribution is -0.136. The number of hydrogen-bond acceptors (Lipinski definition) is 4. The van der Waals surface area contributed by atoms with Gasteiger partial charge in [0.25, 0.3) is 0 Å². The Kier molecular flexibility index (Phi) is 3.40. The first-order valence-corrected chi connectivity index (χ1v) is 5.07. The molecule has 0 atom stereocenters. The van der Waals surface area contributed by atoms with Crippen LogP contribution in [0.5, 0.6) is 5.75 Å². The highest BCUT2D eigenvalue weighted by Crippen LogP contribution is 2.11. The summed E-state index contributed by atoms with van der Waals surface area (Å²) in [7, 11) is 0. The zero-order valence-electron chi connectivity index (χ0n) is 9.00. The van der Waals surface area contributed by atoms with Crippen LogP contribution in [0.15, 0.2) is 41.0 Å². The fourth-order valence-electron chi connectivity index (χ4n) is 1.31. The number of rotatable bonds is 5. The molecular weight excluding hydrogens is 222 g/mol. The molecule has 1 aromatic heterocycles. The van der Waals surface area contributed by atoms with E-state index >= 15 is 0 Å². The number of carboxylic acid groups (broad SMARTS) is 1. The molecule has 0 aliphatic heterocycles. The van der Waals surface area contributed by atoms with Gasteiger partial charge in [-0.2, -0.15) is 0 Å². The topological polar surface area (TPSA) is 72.6 Å². The van der Waals surface area contributed by atoms with Gasteiger partial charge < -0.3 is 14.3 Å². The average Bonchev–Trinajstić information content (AvgIpc) is 2.75. The van der Waals surface area contributed by atoms with Crippen molar-refractivity contribution in [2.75, 3.05) is 0 Å². The van der Waals surface area contributed by atoms with Crippen molar-refractivity contribution in [1.82, 2.24) is 4.98 Å². The Hall–Kier alpha value is -2.30. The molecule has 1 heterocycles. The molecule has 17 heavy (non-hydrogen) atoms. The number of carboxylic acids is 1. The highest BCUT2D eigenvalue weighted by Gasteiger charge is 2.07. The molecule has 0 fully saturated rings. The first kappa shape index (κ1) is 11.2. The quantitative estimate of drug-likeness (QED) is 0.853. The molecule has 5 heteroatoms. The number of aromatic nitrogens is 1. The Bertz CT molecular complexity index is 492. The third-order valence-corrected chi connectivity index (χ3v) is 2.04. The van der Waals surface area contributed by atoms with Gasteiger partial charge in [0.15, 0.2) is 6.61 Å². The van der Waals surface area contributed by atoms with Gasteiger partial charge in [0, 0.05) is 0 Å². The maximum Gasteiger partial charge on any atom is 0.309 e. The van der Waals surface area contributed by atoms with E-state index in [9.17, 15) is 4.79 Å². The van der Waals surface area contributed by atoms with Crippen LogP contribution in [0.2, 0.25) is 0 Å². The van der Waals surface area contributed by atoms with Gasteiger partial charge >= 0.3 is 5.97 Å². The summed E-state index contributed by atoms with van der Waals surface area (Å²) in [6, 6.07) is 9.26. The molecule has 0 amide bonds. The minimum atomic E-state index is -0.936. The van der Waals surface area contributed by atoms with Gasteiger partial charge in [-0.3, -0.25) is 4.79 Å². The molecular formula is C12H11NO4. The SMILES string of the molecule is O=C(O)Cc1coc(COc2ccccc2)n1. The Morgan fingerprint density at radius 2 is 2.12 bits per heavy atom. The van der Waals surface area contributed by atoms with Gasteiger partial charge in [-0.05, 0) is 12.1 Å². The molecule has 0 aliphatic rings. The Labute approximate surface area is 97.7 Å². The maximum atomic E-state index is 10.4. The number of ether oxygens (including phenoxy) is 1. The first-order chi connectivity index (χ1) is 8.24. The molecule has 2 rings (SSSR count). The molecule has 0 spiro atoms. The van der Waals surface area contributed by atoms with Gasteiger partial charge in [-0.15, -0.1) is 0 Å². The average molecular weight is 233 g/mol. The van der Waals surface area contributed by atoms with Crippen LogP contribution in [0.3, 0.4) is 0 Å². The van der Waals surface area contributed by atoms with Crippen molar-refractivity contribution in [3.63, 3.8) is 0 Å². The smallest absolute Gasteiger partial charge is 0.309 e. The van der Waals surface area contributed by atoms with Crippen molar-refractivity contribution < 1.29 is 19.1 Å². The van der Waals surface area contributed by atoms with E-state index in [2.05, 4.69) is 4.98 Å². The second-order valence-corrected chi connectivity index (χ2v) is 3.40. The number of oxazole rings is 1. The Morgan fingerprint density at radius 3 is 2.82 bits per heavy atom. The Morgan fingerprint density at radius 1 is 1.35 bits per heavy atom. The lowest BCUT2D eigenvalue weighted by Crippen LogP contribution is -2.01. The van der Waals surface area contributed by atoms with E-state index in [-0.39, 0.29) is 13.0 Å². The van der Waals surface area contributed by atoms with E-state index in [0.29, 0.717) is 17.3 Å². The number of benzene rings is 1. The summed E-state index contributed by atoms with van der Waals surface area (Å²) >= 11 is 0. The number of hydrogen-bond donors (Lipinski definition) is 1. The first-order valence-electron chi connectivity index (χ1n) is 5.07. The molecule has 1 aromatic carbocycles. The number of para-hydroxylation sites is 1. The maximum absolute atomic E-state index is 10.4. The lowest BCUT2D eigenvalue weighted by atomic mass is 10.3. The van der Waals surface area contributed by atoms with Gasteiger partial charge in [0.1, 0.15) is 12.0 Å². The third-order valence-electron chi connectivity index (χ3n) is 2.04. The summed E-state index contributed by atoms with van der Waals surface area (Å²) in [5.41, 5.74) is 0.393. The predicted molar refractivity (Wildman–Crippen MR) is 58.6 cm³/mol. The fraction of sp³-hybridized carbons (Fsp3) is 0.167. The van der Waals surface area contributed by atoms with Crippen LogP contribution in [0.4, 0.5) is 0 Å².